The molecular formula is C15H16BrN5O4S. The molecule has 0 saturated carbocycles. The zero-order valence-electron chi connectivity index (χ0n) is 13.4. The first-order valence-corrected chi connectivity index (χ1v) is 9.47. The van der Waals surface area contributed by atoms with Crippen molar-refractivity contribution in [2.75, 3.05) is 12.3 Å². The van der Waals surface area contributed by atoms with Gasteiger partial charge in [-0.3, -0.25) is 4.57 Å². The normalized spacial score (nSPS) is 26.0. The van der Waals surface area contributed by atoms with Crippen molar-refractivity contribution >= 4 is 44.2 Å². The van der Waals surface area contributed by atoms with Crippen LogP contribution in [0.1, 0.15) is 11.8 Å². The fourth-order valence-corrected chi connectivity index (χ4v) is 4.06. The summed E-state index contributed by atoms with van der Waals surface area (Å²) in [6, 6.07) is 1.96. The van der Waals surface area contributed by atoms with Crippen LogP contribution in [0.4, 0.5) is 5.82 Å². The number of hydrogen-bond acceptors (Lipinski definition) is 9. The monoisotopic (exact) mass is 441 g/mol. The van der Waals surface area contributed by atoms with Crippen LogP contribution >= 0.6 is 27.3 Å². The van der Waals surface area contributed by atoms with E-state index in [4.69, 9.17) is 15.2 Å². The number of aliphatic hydroxyl groups excluding tert-OH is 2. The van der Waals surface area contributed by atoms with Crippen molar-refractivity contribution in [3.63, 3.8) is 0 Å². The summed E-state index contributed by atoms with van der Waals surface area (Å²) in [6.45, 7) is 0.524. The average Bonchev–Trinajstić information content (AvgIpc) is 3.30. The number of thiophene rings is 1. The molecule has 1 aliphatic rings. The molecule has 0 aromatic carbocycles. The molecule has 4 heterocycles. The fourth-order valence-electron chi connectivity index (χ4n) is 2.86. The van der Waals surface area contributed by atoms with E-state index < -0.39 is 24.5 Å². The zero-order chi connectivity index (χ0) is 18.3. The Kier molecular flexibility index (Phi) is 4.90. The molecule has 0 bridgehead atoms. The molecule has 1 fully saturated rings. The smallest absolute Gasteiger partial charge is 0.167 e. The molecule has 0 aliphatic carbocycles. The summed E-state index contributed by atoms with van der Waals surface area (Å²) in [5.74, 6) is 0.239. The van der Waals surface area contributed by atoms with E-state index in [1.54, 1.807) is 11.3 Å². The number of anilines is 1. The second-order valence-corrected chi connectivity index (χ2v) is 8.10. The molecular weight excluding hydrogens is 426 g/mol. The van der Waals surface area contributed by atoms with Crippen molar-refractivity contribution < 1.29 is 19.7 Å². The molecule has 1 aliphatic heterocycles. The lowest BCUT2D eigenvalue weighted by molar-refractivity contribution is -0.0682. The molecule has 4 N–H and O–H groups in total. The third-order valence-corrected chi connectivity index (χ3v) is 6.04. The molecule has 26 heavy (non-hydrogen) atoms. The van der Waals surface area contributed by atoms with Gasteiger partial charge in [0.05, 0.1) is 23.3 Å². The second-order valence-electron chi connectivity index (χ2n) is 5.86. The summed E-state index contributed by atoms with van der Waals surface area (Å²) in [7, 11) is 0. The Morgan fingerprint density at radius 1 is 1.31 bits per heavy atom. The first-order valence-electron chi connectivity index (χ1n) is 7.80. The summed E-state index contributed by atoms with van der Waals surface area (Å²) in [6.07, 6.45) is -0.989. The van der Waals surface area contributed by atoms with E-state index in [1.165, 1.54) is 17.2 Å². The van der Waals surface area contributed by atoms with Crippen LogP contribution in [-0.2, 0) is 16.1 Å². The van der Waals surface area contributed by atoms with Gasteiger partial charge in [-0.15, -0.1) is 11.3 Å². The second kappa shape index (κ2) is 7.18. The van der Waals surface area contributed by atoms with Gasteiger partial charge in [0, 0.05) is 5.56 Å². The molecule has 3 aromatic heterocycles. The molecule has 4 rings (SSSR count). The number of ether oxygens (including phenoxy) is 2. The number of halogens is 1. The van der Waals surface area contributed by atoms with Gasteiger partial charge in [-0.1, -0.05) is 0 Å². The van der Waals surface area contributed by atoms with Gasteiger partial charge in [0.15, 0.2) is 17.7 Å². The van der Waals surface area contributed by atoms with Gasteiger partial charge in [-0.2, -0.15) is 0 Å². The first-order chi connectivity index (χ1) is 12.6. The lowest BCUT2D eigenvalue weighted by Gasteiger charge is -2.16. The van der Waals surface area contributed by atoms with Gasteiger partial charge in [0.2, 0.25) is 0 Å². The Morgan fingerprint density at radius 3 is 2.92 bits per heavy atom. The highest BCUT2D eigenvalue weighted by Crippen LogP contribution is 2.32. The largest absolute Gasteiger partial charge is 0.387 e. The Bertz CT molecular complexity index is 918. The number of nitrogen functional groups attached to an aromatic ring is 1. The van der Waals surface area contributed by atoms with Gasteiger partial charge in [-0.25, -0.2) is 15.0 Å². The van der Waals surface area contributed by atoms with Crippen molar-refractivity contribution in [3.05, 3.63) is 33.5 Å². The Balaban J connectivity index is 1.47. The molecule has 0 spiro atoms. The minimum absolute atomic E-state index is 0.140. The number of aliphatic hydroxyl groups is 2. The van der Waals surface area contributed by atoms with Crippen LogP contribution in [0.2, 0.25) is 0 Å². The minimum atomic E-state index is -1.15. The number of hydrogen-bond donors (Lipinski definition) is 3. The van der Waals surface area contributed by atoms with E-state index in [0.29, 0.717) is 17.8 Å². The van der Waals surface area contributed by atoms with Gasteiger partial charge >= 0.3 is 0 Å². The van der Waals surface area contributed by atoms with Crippen molar-refractivity contribution in [2.24, 2.45) is 0 Å². The van der Waals surface area contributed by atoms with Gasteiger partial charge in [0.1, 0.15) is 30.2 Å². The van der Waals surface area contributed by atoms with E-state index in [1.807, 2.05) is 11.4 Å². The predicted octanol–water partition coefficient (Wildman–Crippen LogP) is 1.07. The van der Waals surface area contributed by atoms with E-state index >= 15 is 0 Å². The van der Waals surface area contributed by atoms with E-state index in [0.717, 1.165) is 9.35 Å². The van der Waals surface area contributed by atoms with Crippen LogP contribution in [0.25, 0.3) is 11.2 Å². The summed E-state index contributed by atoms with van der Waals surface area (Å²) >= 11 is 5.02. The van der Waals surface area contributed by atoms with Crippen LogP contribution in [0.3, 0.4) is 0 Å². The maximum Gasteiger partial charge on any atom is 0.167 e. The molecule has 11 heteroatoms. The predicted molar refractivity (Wildman–Crippen MR) is 97.3 cm³/mol. The topological polar surface area (TPSA) is 129 Å². The number of aromatic nitrogens is 4. The quantitative estimate of drug-likeness (QED) is 0.535. The molecule has 138 valence electrons. The van der Waals surface area contributed by atoms with Crippen molar-refractivity contribution in [1.29, 1.82) is 0 Å². The summed E-state index contributed by atoms with van der Waals surface area (Å²) in [4.78, 5) is 12.2. The molecule has 1 saturated heterocycles. The Morgan fingerprint density at radius 2 is 2.15 bits per heavy atom. The molecule has 4 atom stereocenters. The molecule has 0 amide bonds. The van der Waals surface area contributed by atoms with Crippen LogP contribution in [0, 0.1) is 0 Å². The molecule has 0 unspecified atom stereocenters. The lowest BCUT2D eigenvalue weighted by Crippen LogP contribution is -2.33. The van der Waals surface area contributed by atoms with Crippen molar-refractivity contribution in [1.82, 2.24) is 19.5 Å². The minimum Gasteiger partial charge on any atom is -0.387 e. The first kappa shape index (κ1) is 17.8. The van der Waals surface area contributed by atoms with Crippen molar-refractivity contribution in [2.45, 2.75) is 31.1 Å². The van der Waals surface area contributed by atoms with E-state index in [-0.39, 0.29) is 12.4 Å². The number of fused-ring (bicyclic) bond motifs is 1. The van der Waals surface area contributed by atoms with E-state index in [2.05, 4.69) is 30.9 Å². The lowest BCUT2D eigenvalue weighted by atomic mass is 10.1. The van der Waals surface area contributed by atoms with Crippen LogP contribution < -0.4 is 5.73 Å². The third-order valence-electron chi connectivity index (χ3n) is 4.23. The standard InChI is InChI=1S/C15H16BrN5O4S/c16-12-7(1-2-26-12)3-24-4-8-10(22)11(23)15(25-8)21-6-20-9-13(17)18-5-19-14(9)21/h1-2,5-6,8,10-11,15,22-23H,3-4H2,(H2,17,18,19)/t8-,10-,11-,15-/m1/s1. The highest BCUT2D eigenvalue weighted by atomic mass is 79.9. The molecule has 3 aromatic rings. The van der Waals surface area contributed by atoms with Crippen LogP contribution in [0.15, 0.2) is 27.9 Å². The maximum atomic E-state index is 10.4. The number of imidazole rings is 1. The SMILES string of the molecule is Nc1ncnc2c1ncn2[C@@H]1O[C@H](COCc2ccsc2Br)[C@@H](O)[C@H]1O. The van der Waals surface area contributed by atoms with Gasteiger partial charge < -0.3 is 25.4 Å². The zero-order valence-corrected chi connectivity index (χ0v) is 15.8. The highest BCUT2D eigenvalue weighted by Gasteiger charge is 2.44. The molecule has 0 radical (unpaired) electrons. The van der Waals surface area contributed by atoms with Gasteiger partial charge in [-0.05, 0) is 27.4 Å². The Hall–Kier alpha value is -1.63. The van der Waals surface area contributed by atoms with Crippen molar-refractivity contribution in [3.8, 4) is 0 Å². The number of nitrogens with zero attached hydrogens (tertiary/aromatic N) is 4. The summed E-state index contributed by atoms with van der Waals surface area (Å²) in [5, 5.41) is 22.7. The summed E-state index contributed by atoms with van der Waals surface area (Å²) in [5.41, 5.74) is 7.64. The fraction of sp³-hybridized carbons (Fsp3) is 0.400. The maximum absolute atomic E-state index is 10.4. The summed E-state index contributed by atoms with van der Waals surface area (Å²) < 4.78 is 14.0. The third kappa shape index (κ3) is 3.10. The van der Waals surface area contributed by atoms with Crippen LogP contribution in [-0.4, -0.2) is 54.7 Å². The number of nitrogens with two attached hydrogens (primary N) is 1. The van der Waals surface area contributed by atoms with Crippen LogP contribution in [0.5, 0.6) is 0 Å². The number of rotatable bonds is 5. The molecule has 9 nitrogen and oxygen atoms in total. The van der Waals surface area contributed by atoms with E-state index in [9.17, 15) is 10.2 Å². The van der Waals surface area contributed by atoms with Gasteiger partial charge in [0.25, 0.3) is 0 Å². The Labute approximate surface area is 160 Å². The average molecular weight is 442 g/mol. The highest BCUT2D eigenvalue weighted by molar-refractivity contribution is 9.11.